The first-order chi connectivity index (χ1) is 8.63. The van der Waals surface area contributed by atoms with Gasteiger partial charge in [0.15, 0.2) is 0 Å². The summed E-state index contributed by atoms with van der Waals surface area (Å²) in [6, 6.07) is 0.527. The summed E-state index contributed by atoms with van der Waals surface area (Å²) in [5.74, 6) is 0.210. The molecule has 1 aliphatic carbocycles. The van der Waals surface area contributed by atoms with Crippen LogP contribution in [0.15, 0.2) is 0 Å². The van der Waals surface area contributed by atoms with Gasteiger partial charge >= 0.3 is 0 Å². The van der Waals surface area contributed by atoms with Crippen molar-refractivity contribution in [3.05, 3.63) is 0 Å². The van der Waals surface area contributed by atoms with Crippen molar-refractivity contribution in [3.8, 4) is 0 Å². The summed E-state index contributed by atoms with van der Waals surface area (Å²) in [4.78, 5) is 16.2. The average Bonchev–Trinajstić information content (AvgIpc) is 2.32. The summed E-state index contributed by atoms with van der Waals surface area (Å²) < 4.78 is 5.60. The van der Waals surface area contributed by atoms with E-state index in [0.29, 0.717) is 12.1 Å². The molecule has 2 rings (SSSR count). The maximum Gasteiger partial charge on any atom is 0.240 e. The van der Waals surface area contributed by atoms with Crippen molar-refractivity contribution in [3.63, 3.8) is 0 Å². The van der Waals surface area contributed by atoms with Crippen molar-refractivity contribution < 1.29 is 9.53 Å². The molecule has 1 atom stereocenters. The number of nitrogens with one attached hydrogen (secondary N) is 1. The van der Waals surface area contributed by atoms with Gasteiger partial charge in [0.25, 0.3) is 0 Å². The normalized spacial score (nSPS) is 32.9. The Kier molecular flexibility index (Phi) is 4.59. The zero-order chi connectivity index (χ0) is 13.1. The lowest BCUT2D eigenvalue weighted by atomic mass is 9.86. The number of rotatable bonds is 4. The third kappa shape index (κ3) is 2.84. The molecule has 1 amide bonds. The Morgan fingerprint density at radius 1 is 1.44 bits per heavy atom. The van der Waals surface area contributed by atoms with Crippen LogP contribution in [0.1, 0.15) is 19.8 Å². The zero-order valence-corrected chi connectivity index (χ0v) is 11.7. The number of carbonyl (C=O) groups excluding carboxylic acids is 1. The van der Waals surface area contributed by atoms with Gasteiger partial charge < -0.3 is 15.0 Å². The Labute approximate surface area is 109 Å². The van der Waals surface area contributed by atoms with Gasteiger partial charge in [0.2, 0.25) is 5.91 Å². The Morgan fingerprint density at radius 2 is 2.17 bits per heavy atom. The Bertz CT molecular complexity index is 290. The topological polar surface area (TPSA) is 44.8 Å². The van der Waals surface area contributed by atoms with Crippen LogP contribution in [0.2, 0.25) is 0 Å². The van der Waals surface area contributed by atoms with Gasteiger partial charge in [0, 0.05) is 46.4 Å². The third-order valence-corrected chi connectivity index (χ3v) is 3.95. The zero-order valence-electron chi connectivity index (χ0n) is 11.7. The Morgan fingerprint density at radius 3 is 2.78 bits per heavy atom. The molecule has 2 fully saturated rings. The number of carbonyl (C=O) groups is 1. The van der Waals surface area contributed by atoms with Gasteiger partial charge in [-0.2, -0.15) is 0 Å². The van der Waals surface area contributed by atoms with Crippen LogP contribution in [0.25, 0.3) is 0 Å². The van der Waals surface area contributed by atoms with E-state index < -0.39 is 0 Å². The lowest BCUT2D eigenvalue weighted by Gasteiger charge is -2.47. The van der Waals surface area contributed by atoms with Crippen LogP contribution in [0.4, 0.5) is 0 Å². The predicted molar refractivity (Wildman–Crippen MR) is 70.5 cm³/mol. The second kappa shape index (κ2) is 5.99. The Balaban J connectivity index is 1.91. The van der Waals surface area contributed by atoms with Crippen LogP contribution in [0, 0.1) is 0 Å². The van der Waals surface area contributed by atoms with Crippen LogP contribution in [-0.4, -0.2) is 74.2 Å². The van der Waals surface area contributed by atoms with E-state index in [1.54, 1.807) is 4.90 Å². The first-order valence-corrected chi connectivity index (χ1v) is 6.92. The highest BCUT2D eigenvalue weighted by Crippen LogP contribution is 2.30. The van der Waals surface area contributed by atoms with Crippen molar-refractivity contribution >= 4 is 5.91 Å². The lowest BCUT2D eigenvalue weighted by Crippen LogP contribution is -2.63. The third-order valence-electron chi connectivity index (χ3n) is 3.95. The molecule has 0 aromatic heterocycles. The summed E-state index contributed by atoms with van der Waals surface area (Å²) in [7, 11) is 3.66. The molecule has 0 bridgehead atoms. The monoisotopic (exact) mass is 255 g/mol. The van der Waals surface area contributed by atoms with E-state index in [9.17, 15) is 4.79 Å². The largest absolute Gasteiger partial charge is 0.378 e. The molecule has 2 aliphatic rings. The van der Waals surface area contributed by atoms with Gasteiger partial charge in [-0.05, 0) is 19.8 Å². The quantitative estimate of drug-likeness (QED) is 0.763. The van der Waals surface area contributed by atoms with Gasteiger partial charge in [-0.15, -0.1) is 0 Å². The first-order valence-electron chi connectivity index (χ1n) is 6.92. The second-order valence-corrected chi connectivity index (χ2v) is 5.39. The summed E-state index contributed by atoms with van der Waals surface area (Å²) in [5, 5.41) is 3.32. The molecule has 1 heterocycles. The van der Waals surface area contributed by atoms with Crippen molar-refractivity contribution in [1.29, 1.82) is 0 Å². The number of ether oxygens (including phenoxy) is 1. The number of piperazine rings is 1. The number of hydrogen-bond donors (Lipinski definition) is 1. The number of likely N-dealkylation sites (N-methyl/N-ethyl adjacent to an activating group) is 1. The highest BCUT2D eigenvalue weighted by Gasteiger charge is 2.40. The molecule has 1 unspecified atom stereocenters. The van der Waals surface area contributed by atoms with Crippen molar-refractivity contribution in [2.24, 2.45) is 0 Å². The predicted octanol–water partition coefficient (Wildman–Crippen LogP) is -0.0841. The van der Waals surface area contributed by atoms with Gasteiger partial charge in [0.05, 0.1) is 6.10 Å². The molecule has 0 radical (unpaired) electrons. The molecule has 104 valence electrons. The minimum absolute atomic E-state index is 0.00123. The van der Waals surface area contributed by atoms with Crippen molar-refractivity contribution in [2.75, 3.05) is 40.3 Å². The molecule has 0 spiro atoms. The highest BCUT2D eigenvalue weighted by atomic mass is 16.5. The van der Waals surface area contributed by atoms with Crippen LogP contribution in [0.5, 0.6) is 0 Å². The second-order valence-electron chi connectivity index (χ2n) is 5.39. The van der Waals surface area contributed by atoms with Crippen LogP contribution in [-0.2, 0) is 9.53 Å². The molecule has 5 nitrogen and oxygen atoms in total. The summed E-state index contributed by atoms with van der Waals surface area (Å²) in [6.45, 7) is 5.54. The molecular formula is C13H25N3O2. The maximum absolute atomic E-state index is 12.2. The summed E-state index contributed by atoms with van der Waals surface area (Å²) >= 11 is 0. The molecule has 5 heteroatoms. The SMILES string of the molecule is CCOC1CC(N2CCNCC2C(=O)N(C)C)C1. The summed E-state index contributed by atoms with van der Waals surface area (Å²) in [6.07, 6.45) is 2.56. The number of nitrogens with zero attached hydrogens (tertiary/aromatic N) is 2. The lowest BCUT2D eigenvalue weighted by molar-refractivity contribution is -0.139. The van der Waals surface area contributed by atoms with E-state index in [0.717, 1.165) is 39.1 Å². The fourth-order valence-corrected chi connectivity index (χ4v) is 2.86. The van der Waals surface area contributed by atoms with E-state index in [2.05, 4.69) is 10.2 Å². The molecule has 1 saturated carbocycles. The van der Waals surface area contributed by atoms with Crippen LogP contribution >= 0.6 is 0 Å². The molecule has 0 aromatic carbocycles. The van der Waals surface area contributed by atoms with Gasteiger partial charge in [0.1, 0.15) is 6.04 Å². The van der Waals surface area contributed by atoms with E-state index in [4.69, 9.17) is 4.74 Å². The average molecular weight is 255 g/mol. The molecular weight excluding hydrogens is 230 g/mol. The molecule has 1 saturated heterocycles. The van der Waals surface area contributed by atoms with Crippen LogP contribution < -0.4 is 5.32 Å². The van der Waals surface area contributed by atoms with Gasteiger partial charge in [-0.3, -0.25) is 9.69 Å². The van der Waals surface area contributed by atoms with E-state index in [1.165, 1.54) is 0 Å². The number of hydrogen-bond acceptors (Lipinski definition) is 4. The van der Waals surface area contributed by atoms with E-state index in [-0.39, 0.29) is 11.9 Å². The maximum atomic E-state index is 12.2. The number of amides is 1. The smallest absolute Gasteiger partial charge is 0.240 e. The first kappa shape index (κ1) is 13.8. The van der Waals surface area contributed by atoms with Gasteiger partial charge in [-0.1, -0.05) is 0 Å². The standard InChI is InChI=1S/C13H25N3O2/c1-4-18-11-7-10(8-11)16-6-5-14-9-12(16)13(17)15(2)3/h10-12,14H,4-9H2,1-3H3. The van der Waals surface area contributed by atoms with Crippen molar-refractivity contribution in [2.45, 2.75) is 38.0 Å². The van der Waals surface area contributed by atoms with Gasteiger partial charge in [-0.25, -0.2) is 0 Å². The van der Waals surface area contributed by atoms with E-state index >= 15 is 0 Å². The highest BCUT2D eigenvalue weighted by molar-refractivity contribution is 5.81. The fraction of sp³-hybridized carbons (Fsp3) is 0.923. The summed E-state index contributed by atoms with van der Waals surface area (Å²) in [5.41, 5.74) is 0. The minimum Gasteiger partial charge on any atom is -0.378 e. The molecule has 0 aromatic rings. The molecule has 18 heavy (non-hydrogen) atoms. The minimum atomic E-state index is 0.00123. The van der Waals surface area contributed by atoms with Crippen LogP contribution in [0.3, 0.4) is 0 Å². The fourth-order valence-electron chi connectivity index (χ4n) is 2.86. The Hall–Kier alpha value is -0.650. The molecule has 1 N–H and O–H groups in total. The molecule has 1 aliphatic heterocycles. The van der Waals surface area contributed by atoms with E-state index in [1.807, 2.05) is 21.0 Å². The van der Waals surface area contributed by atoms with Crippen molar-refractivity contribution in [1.82, 2.24) is 15.1 Å².